The lowest BCUT2D eigenvalue weighted by Gasteiger charge is -2.16. The van der Waals surface area contributed by atoms with Gasteiger partial charge in [-0.2, -0.15) is 0 Å². The van der Waals surface area contributed by atoms with E-state index < -0.39 is 12.1 Å². The first-order valence-corrected chi connectivity index (χ1v) is 10.4. The van der Waals surface area contributed by atoms with Crippen LogP contribution in [0.4, 0.5) is 11.4 Å². The van der Waals surface area contributed by atoms with Gasteiger partial charge < -0.3 is 15.0 Å². The van der Waals surface area contributed by atoms with Crippen molar-refractivity contribution < 1.29 is 23.9 Å². The molecule has 3 rings (SSSR count). The van der Waals surface area contributed by atoms with E-state index in [0.29, 0.717) is 36.2 Å². The van der Waals surface area contributed by atoms with Gasteiger partial charge in [-0.25, -0.2) is 4.79 Å². The normalized spacial score (nSPS) is 14.3. The number of benzene rings is 2. The van der Waals surface area contributed by atoms with Crippen molar-refractivity contribution in [2.24, 2.45) is 0 Å². The van der Waals surface area contributed by atoms with Gasteiger partial charge in [0, 0.05) is 36.3 Å². The molecule has 7 nitrogen and oxygen atoms in total. The highest BCUT2D eigenvalue weighted by Crippen LogP contribution is 2.22. The minimum atomic E-state index is -0.965. The molecule has 1 heterocycles. The first-order chi connectivity index (χ1) is 14.9. The number of ether oxygens (including phenoxy) is 1. The van der Waals surface area contributed by atoms with Crippen LogP contribution in [0.5, 0.6) is 0 Å². The Morgan fingerprint density at radius 1 is 1.03 bits per heavy atom. The molecule has 1 N–H and O–H groups in total. The zero-order chi connectivity index (χ0) is 22.4. The maximum absolute atomic E-state index is 12.6. The van der Waals surface area contributed by atoms with E-state index >= 15 is 0 Å². The summed E-state index contributed by atoms with van der Waals surface area (Å²) in [5.74, 6) is -0.947. The molecule has 0 radical (unpaired) electrons. The predicted molar refractivity (Wildman–Crippen MR) is 117 cm³/mol. The number of Topliss-reactive ketones (excluding diaryl/α,β-unsaturated/α-hetero) is 1. The van der Waals surface area contributed by atoms with Crippen LogP contribution in [-0.4, -0.2) is 36.2 Å². The van der Waals surface area contributed by atoms with Gasteiger partial charge >= 0.3 is 5.97 Å². The summed E-state index contributed by atoms with van der Waals surface area (Å²) in [7, 11) is 0. The SMILES string of the molecule is CCCC(=O)Nc1ccc(C(=O)C(C)OC(=O)c2ccc(N3CCCC3=O)cc2)cc1. The Hall–Kier alpha value is -3.48. The fourth-order valence-corrected chi connectivity index (χ4v) is 3.38. The van der Waals surface area contributed by atoms with Crippen molar-refractivity contribution in [3.63, 3.8) is 0 Å². The van der Waals surface area contributed by atoms with Crippen LogP contribution in [0.3, 0.4) is 0 Å². The number of carbonyl (C=O) groups is 4. The van der Waals surface area contributed by atoms with Crippen LogP contribution < -0.4 is 10.2 Å². The van der Waals surface area contributed by atoms with Crippen molar-refractivity contribution in [1.82, 2.24) is 0 Å². The summed E-state index contributed by atoms with van der Waals surface area (Å²) < 4.78 is 5.33. The number of ketones is 1. The monoisotopic (exact) mass is 422 g/mol. The quantitative estimate of drug-likeness (QED) is 0.513. The Balaban J connectivity index is 1.58. The molecule has 0 aromatic heterocycles. The van der Waals surface area contributed by atoms with Gasteiger partial charge in [0.05, 0.1) is 5.56 Å². The van der Waals surface area contributed by atoms with Gasteiger partial charge in [-0.05, 0) is 68.3 Å². The van der Waals surface area contributed by atoms with Crippen LogP contribution in [0.15, 0.2) is 48.5 Å². The van der Waals surface area contributed by atoms with Gasteiger partial charge in [-0.15, -0.1) is 0 Å². The number of nitrogens with zero attached hydrogens (tertiary/aromatic N) is 1. The van der Waals surface area contributed by atoms with Gasteiger partial charge in [0.25, 0.3) is 0 Å². The van der Waals surface area contributed by atoms with Gasteiger partial charge in [0.15, 0.2) is 6.10 Å². The van der Waals surface area contributed by atoms with Crippen molar-refractivity contribution in [1.29, 1.82) is 0 Å². The molecule has 0 saturated carbocycles. The molecule has 1 aliphatic heterocycles. The molecule has 2 aromatic rings. The third-order valence-electron chi connectivity index (χ3n) is 5.07. The van der Waals surface area contributed by atoms with E-state index in [0.717, 1.165) is 18.5 Å². The van der Waals surface area contributed by atoms with E-state index in [1.54, 1.807) is 53.4 Å². The van der Waals surface area contributed by atoms with Crippen LogP contribution in [0.25, 0.3) is 0 Å². The molecular weight excluding hydrogens is 396 g/mol. The fraction of sp³-hybridized carbons (Fsp3) is 0.333. The molecule has 1 fully saturated rings. The Kier molecular flexibility index (Phi) is 7.18. The number of rotatable bonds is 8. The van der Waals surface area contributed by atoms with Crippen molar-refractivity contribution in [3.05, 3.63) is 59.7 Å². The summed E-state index contributed by atoms with van der Waals surface area (Å²) in [6.07, 6.45) is 1.59. The summed E-state index contributed by atoms with van der Waals surface area (Å²) in [5.41, 5.74) is 2.05. The Bertz CT molecular complexity index is 966. The second kappa shape index (κ2) is 10.0. The number of amides is 2. The van der Waals surface area contributed by atoms with Gasteiger partial charge in [0.1, 0.15) is 0 Å². The standard InChI is InChI=1S/C24H26N2O5/c1-3-5-21(27)25-19-11-7-17(8-12-19)23(29)16(2)31-24(30)18-9-13-20(14-10-18)26-15-4-6-22(26)28/h7-14,16H,3-6,15H2,1-2H3,(H,25,27). The number of nitrogens with one attached hydrogen (secondary N) is 1. The van der Waals surface area contributed by atoms with E-state index in [4.69, 9.17) is 4.74 Å². The molecule has 31 heavy (non-hydrogen) atoms. The van der Waals surface area contributed by atoms with E-state index in [2.05, 4.69) is 5.32 Å². The van der Waals surface area contributed by atoms with Gasteiger partial charge in [-0.3, -0.25) is 14.4 Å². The average Bonchev–Trinajstić information content (AvgIpc) is 3.19. The zero-order valence-electron chi connectivity index (χ0n) is 17.7. The minimum Gasteiger partial charge on any atom is -0.451 e. The van der Waals surface area contributed by atoms with Gasteiger partial charge in [0.2, 0.25) is 17.6 Å². The molecule has 7 heteroatoms. The molecule has 0 aliphatic carbocycles. The molecule has 0 bridgehead atoms. The molecule has 0 spiro atoms. The Labute approximate surface area is 181 Å². The number of hydrogen-bond acceptors (Lipinski definition) is 5. The number of carbonyl (C=O) groups excluding carboxylic acids is 4. The lowest BCUT2D eigenvalue weighted by Crippen LogP contribution is -2.25. The molecule has 1 saturated heterocycles. The lowest BCUT2D eigenvalue weighted by atomic mass is 10.1. The maximum atomic E-state index is 12.6. The fourth-order valence-electron chi connectivity index (χ4n) is 3.38. The number of esters is 1. The molecule has 162 valence electrons. The topological polar surface area (TPSA) is 92.8 Å². The highest BCUT2D eigenvalue weighted by atomic mass is 16.5. The third kappa shape index (κ3) is 5.57. The summed E-state index contributed by atoms with van der Waals surface area (Å²) in [6, 6.07) is 13.1. The number of hydrogen-bond donors (Lipinski definition) is 1. The van der Waals surface area contributed by atoms with Crippen molar-refractivity contribution in [2.75, 3.05) is 16.8 Å². The highest BCUT2D eigenvalue weighted by molar-refractivity contribution is 6.02. The minimum absolute atomic E-state index is 0.0745. The first-order valence-electron chi connectivity index (χ1n) is 10.4. The predicted octanol–water partition coefficient (Wildman–Crippen LogP) is 3.98. The highest BCUT2D eigenvalue weighted by Gasteiger charge is 2.23. The van der Waals surface area contributed by atoms with Crippen molar-refractivity contribution >= 4 is 34.9 Å². The summed E-state index contributed by atoms with van der Waals surface area (Å²) in [5, 5.41) is 2.76. The smallest absolute Gasteiger partial charge is 0.338 e. The van der Waals surface area contributed by atoms with E-state index in [1.807, 2.05) is 6.92 Å². The lowest BCUT2D eigenvalue weighted by molar-refractivity contribution is -0.117. The largest absolute Gasteiger partial charge is 0.451 e. The van der Waals surface area contributed by atoms with Crippen LogP contribution in [-0.2, 0) is 14.3 Å². The zero-order valence-corrected chi connectivity index (χ0v) is 17.7. The second-order valence-corrected chi connectivity index (χ2v) is 7.48. The van der Waals surface area contributed by atoms with Gasteiger partial charge in [-0.1, -0.05) is 6.92 Å². The number of anilines is 2. The van der Waals surface area contributed by atoms with E-state index in [1.165, 1.54) is 6.92 Å². The molecular formula is C24H26N2O5. The summed E-state index contributed by atoms with van der Waals surface area (Å²) in [6.45, 7) is 4.12. The molecule has 1 atom stereocenters. The second-order valence-electron chi connectivity index (χ2n) is 7.48. The molecule has 1 aliphatic rings. The maximum Gasteiger partial charge on any atom is 0.338 e. The van der Waals surface area contributed by atoms with Crippen LogP contribution in [0.1, 0.15) is 60.2 Å². The molecule has 1 unspecified atom stereocenters. The first kappa shape index (κ1) is 22.2. The van der Waals surface area contributed by atoms with Crippen molar-refractivity contribution in [3.8, 4) is 0 Å². The molecule has 2 amide bonds. The Morgan fingerprint density at radius 3 is 2.26 bits per heavy atom. The summed E-state index contributed by atoms with van der Waals surface area (Å²) >= 11 is 0. The average molecular weight is 422 g/mol. The summed E-state index contributed by atoms with van der Waals surface area (Å²) in [4.78, 5) is 50.2. The van der Waals surface area contributed by atoms with Crippen molar-refractivity contribution in [2.45, 2.75) is 45.6 Å². The van der Waals surface area contributed by atoms with E-state index in [-0.39, 0.29) is 17.6 Å². The Morgan fingerprint density at radius 2 is 1.68 bits per heavy atom. The van der Waals surface area contributed by atoms with E-state index in [9.17, 15) is 19.2 Å². The van der Waals surface area contributed by atoms with Crippen LogP contribution in [0, 0.1) is 0 Å². The third-order valence-corrected chi connectivity index (χ3v) is 5.07. The van der Waals surface area contributed by atoms with Crippen LogP contribution >= 0.6 is 0 Å². The van der Waals surface area contributed by atoms with Crippen LogP contribution in [0.2, 0.25) is 0 Å². The molecule has 2 aromatic carbocycles.